The van der Waals surface area contributed by atoms with Gasteiger partial charge in [-0.2, -0.15) is 0 Å². The second-order valence-corrected chi connectivity index (χ2v) is 5.92. The van der Waals surface area contributed by atoms with E-state index >= 15 is 0 Å². The number of halogens is 1. The lowest BCUT2D eigenvalue weighted by Crippen LogP contribution is -2.54. The Bertz CT molecular complexity index is 578. The number of carboxylic acid groups (broad SMARTS) is 1. The van der Waals surface area contributed by atoms with Gasteiger partial charge in [-0.15, -0.1) is 0 Å². The van der Waals surface area contributed by atoms with Gasteiger partial charge in [0.05, 0.1) is 4.92 Å². The van der Waals surface area contributed by atoms with E-state index in [1.54, 1.807) is 11.8 Å². The molecule has 114 valence electrons. The first-order valence-electron chi connectivity index (χ1n) is 6.76. The molecule has 2 rings (SSSR count). The number of benzene rings is 1. The van der Waals surface area contributed by atoms with Crippen LogP contribution in [0.3, 0.4) is 0 Å². The van der Waals surface area contributed by atoms with E-state index in [1.807, 2.05) is 0 Å². The van der Waals surface area contributed by atoms with Gasteiger partial charge in [0.15, 0.2) is 0 Å². The van der Waals surface area contributed by atoms with Gasteiger partial charge >= 0.3 is 5.97 Å². The van der Waals surface area contributed by atoms with Crippen LogP contribution in [0.25, 0.3) is 0 Å². The summed E-state index contributed by atoms with van der Waals surface area (Å²) in [6, 6.07) is 4.37. The van der Waals surface area contributed by atoms with Crippen LogP contribution in [-0.2, 0) is 11.3 Å². The normalized spacial score (nSPS) is 23.0. The van der Waals surface area contributed by atoms with E-state index in [0.29, 0.717) is 23.6 Å². The smallest absolute Gasteiger partial charge is 0.323 e. The number of aliphatic carboxylic acids is 1. The Morgan fingerprint density at radius 2 is 2.24 bits per heavy atom. The molecule has 0 bridgehead atoms. The monoisotopic (exact) mass is 312 g/mol. The van der Waals surface area contributed by atoms with E-state index in [2.05, 4.69) is 0 Å². The summed E-state index contributed by atoms with van der Waals surface area (Å²) >= 11 is 5.92. The van der Waals surface area contributed by atoms with Crippen molar-refractivity contribution in [2.75, 3.05) is 6.54 Å². The maximum atomic E-state index is 11.6. The van der Waals surface area contributed by atoms with Crippen molar-refractivity contribution in [1.82, 2.24) is 4.90 Å². The molecule has 1 aliphatic heterocycles. The number of carboxylic acids is 1. The molecule has 6 nitrogen and oxygen atoms in total. The van der Waals surface area contributed by atoms with E-state index in [4.69, 9.17) is 11.6 Å². The molecule has 1 heterocycles. The van der Waals surface area contributed by atoms with Gasteiger partial charge in [-0.25, -0.2) is 0 Å². The average molecular weight is 313 g/mol. The van der Waals surface area contributed by atoms with E-state index in [-0.39, 0.29) is 12.2 Å². The molecule has 0 aromatic heterocycles. The lowest BCUT2D eigenvalue weighted by atomic mass is 9.88. The largest absolute Gasteiger partial charge is 0.480 e. The predicted octanol–water partition coefficient (Wildman–Crippen LogP) is 3.08. The second-order valence-electron chi connectivity index (χ2n) is 5.49. The van der Waals surface area contributed by atoms with Crippen molar-refractivity contribution in [3.8, 4) is 0 Å². The zero-order valence-electron chi connectivity index (χ0n) is 11.7. The van der Waals surface area contributed by atoms with Crippen LogP contribution in [0.1, 0.15) is 31.7 Å². The highest BCUT2D eigenvalue weighted by Crippen LogP contribution is 2.32. The number of nitro benzene ring substituents is 1. The summed E-state index contributed by atoms with van der Waals surface area (Å²) in [5.74, 6) is -0.896. The minimum Gasteiger partial charge on any atom is -0.480 e. The first-order valence-corrected chi connectivity index (χ1v) is 7.13. The highest BCUT2D eigenvalue weighted by Gasteiger charge is 2.41. The summed E-state index contributed by atoms with van der Waals surface area (Å²) in [5.41, 5.74) is -0.575. The number of nitro groups is 1. The third-order valence-corrected chi connectivity index (χ3v) is 4.33. The number of rotatable bonds is 4. The maximum Gasteiger partial charge on any atom is 0.323 e. The minimum atomic E-state index is -0.992. The van der Waals surface area contributed by atoms with Crippen molar-refractivity contribution in [3.05, 3.63) is 38.9 Å². The number of hydrogen-bond donors (Lipinski definition) is 1. The van der Waals surface area contributed by atoms with Gasteiger partial charge in [-0.05, 0) is 44.9 Å². The molecular weight excluding hydrogens is 296 g/mol. The molecule has 0 aliphatic carbocycles. The minimum absolute atomic E-state index is 0.0299. The predicted molar refractivity (Wildman–Crippen MR) is 78.4 cm³/mol. The van der Waals surface area contributed by atoms with Gasteiger partial charge in [-0.3, -0.25) is 19.8 Å². The van der Waals surface area contributed by atoms with Crippen molar-refractivity contribution in [1.29, 1.82) is 0 Å². The van der Waals surface area contributed by atoms with Gasteiger partial charge in [-0.1, -0.05) is 11.6 Å². The Balaban J connectivity index is 2.33. The summed E-state index contributed by atoms with van der Waals surface area (Å²) in [5, 5.41) is 21.0. The van der Waals surface area contributed by atoms with Crippen LogP contribution in [0.4, 0.5) is 5.69 Å². The molecular formula is C14H17ClN2O4. The molecule has 0 radical (unpaired) electrons. The van der Waals surface area contributed by atoms with Crippen molar-refractivity contribution < 1.29 is 14.8 Å². The van der Waals surface area contributed by atoms with Gasteiger partial charge in [0.1, 0.15) is 5.54 Å². The molecule has 1 aromatic rings. The van der Waals surface area contributed by atoms with Crippen LogP contribution in [0, 0.1) is 10.1 Å². The van der Waals surface area contributed by atoms with Crippen LogP contribution in [-0.4, -0.2) is 33.0 Å². The Hall–Kier alpha value is -1.66. The zero-order valence-corrected chi connectivity index (χ0v) is 12.5. The van der Waals surface area contributed by atoms with Crippen LogP contribution >= 0.6 is 11.6 Å². The summed E-state index contributed by atoms with van der Waals surface area (Å²) < 4.78 is 0. The Morgan fingerprint density at radius 1 is 1.52 bits per heavy atom. The first-order chi connectivity index (χ1) is 9.84. The standard InChI is InChI=1S/C14H17ClN2O4/c1-14(13(18)19)6-2-3-7-16(14)9-10-8-11(15)4-5-12(10)17(20)21/h4-5,8H,2-3,6-7,9H2,1H3,(H,18,19). The van der Waals surface area contributed by atoms with Gasteiger partial charge in [0, 0.05) is 23.2 Å². The molecule has 7 heteroatoms. The molecule has 1 saturated heterocycles. The topological polar surface area (TPSA) is 83.7 Å². The van der Waals surface area contributed by atoms with E-state index < -0.39 is 16.4 Å². The molecule has 1 atom stereocenters. The lowest BCUT2D eigenvalue weighted by molar-refractivity contribution is -0.385. The SMILES string of the molecule is CC1(C(=O)O)CCCCN1Cc1cc(Cl)ccc1[N+](=O)[O-]. The Labute approximate surface area is 127 Å². The molecule has 1 unspecified atom stereocenters. The maximum absolute atomic E-state index is 11.6. The highest BCUT2D eigenvalue weighted by molar-refractivity contribution is 6.30. The molecule has 0 saturated carbocycles. The van der Waals surface area contributed by atoms with Crippen LogP contribution in [0.15, 0.2) is 18.2 Å². The van der Waals surface area contributed by atoms with Crippen molar-refractivity contribution in [3.63, 3.8) is 0 Å². The fourth-order valence-corrected chi connectivity index (χ4v) is 2.93. The van der Waals surface area contributed by atoms with E-state index in [9.17, 15) is 20.0 Å². The summed E-state index contributed by atoms with van der Waals surface area (Å²) in [6.45, 7) is 2.48. The number of likely N-dealkylation sites (tertiary alicyclic amines) is 1. The molecule has 0 spiro atoms. The number of hydrogen-bond acceptors (Lipinski definition) is 4. The van der Waals surface area contributed by atoms with Crippen LogP contribution in [0.2, 0.25) is 5.02 Å². The van der Waals surface area contributed by atoms with Crippen molar-refractivity contribution in [2.45, 2.75) is 38.3 Å². The molecule has 1 aliphatic rings. The highest BCUT2D eigenvalue weighted by atomic mass is 35.5. The van der Waals surface area contributed by atoms with Crippen LogP contribution < -0.4 is 0 Å². The van der Waals surface area contributed by atoms with Gasteiger partial charge in [0.25, 0.3) is 5.69 Å². The molecule has 0 amide bonds. The zero-order chi connectivity index (χ0) is 15.6. The summed E-state index contributed by atoms with van der Waals surface area (Å²) in [4.78, 5) is 24.0. The lowest BCUT2D eigenvalue weighted by Gasteiger charge is -2.41. The fourth-order valence-electron chi connectivity index (χ4n) is 2.74. The third kappa shape index (κ3) is 3.16. The fraction of sp³-hybridized carbons (Fsp3) is 0.500. The van der Waals surface area contributed by atoms with Crippen molar-refractivity contribution >= 4 is 23.3 Å². The molecule has 1 fully saturated rings. The average Bonchev–Trinajstić information content (AvgIpc) is 2.41. The van der Waals surface area contributed by atoms with Crippen molar-refractivity contribution in [2.24, 2.45) is 0 Å². The number of piperidine rings is 1. The van der Waals surface area contributed by atoms with E-state index in [0.717, 1.165) is 12.8 Å². The van der Waals surface area contributed by atoms with Gasteiger partial charge < -0.3 is 5.11 Å². The summed E-state index contributed by atoms with van der Waals surface area (Å²) in [6.07, 6.45) is 2.27. The molecule has 1 aromatic carbocycles. The Morgan fingerprint density at radius 3 is 2.86 bits per heavy atom. The van der Waals surface area contributed by atoms with E-state index in [1.165, 1.54) is 18.2 Å². The second kappa shape index (κ2) is 5.99. The first kappa shape index (κ1) is 15.7. The van der Waals surface area contributed by atoms with Gasteiger partial charge in [0.2, 0.25) is 0 Å². The Kier molecular flexibility index (Phi) is 4.49. The number of carbonyl (C=O) groups is 1. The molecule has 21 heavy (non-hydrogen) atoms. The van der Waals surface area contributed by atoms with Crippen LogP contribution in [0.5, 0.6) is 0 Å². The number of nitrogens with zero attached hydrogens (tertiary/aromatic N) is 2. The molecule has 1 N–H and O–H groups in total. The quantitative estimate of drug-likeness (QED) is 0.682. The summed E-state index contributed by atoms with van der Waals surface area (Å²) in [7, 11) is 0. The third-order valence-electron chi connectivity index (χ3n) is 4.10.